The highest BCUT2D eigenvalue weighted by Crippen LogP contribution is 2.19. The van der Waals surface area contributed by atoms with Crippen LogP contribution in [-0.4, -0.2) is 24.5 Å². The van der Waals surface area contributed by atoms with Crippen LogP contribution in [-0.2, 0) is 23.0 Å². The van der Waals surface area contributed by atoms with Crippen LogP contribution in [0.25, 0.3) is 0 Å². The maximum absolute atomic E-state index is 12.5. The first kappa shape index (κ1) is 26.1. The number of hydrogen-bond donors (Lipinski definition) is 1. The molecule has 0 fully saturated rings. The Labute approximate surface area is 197 Å². The number of pyridine rings is 1. The molecule has 164 valence electrons. The predicted octanol–water partition coefficient (Wildman–Crippen LogP) is 0.569. The van der Waals surface area contributed by atoms with Gasteiger partial charge in [0.25, 0.3) is 5.91 Å². The number of halogens is 1. The van der Waals surface area contributed by atoms with Crippen molar-refractivity contribution in [1.82, 2.24) is 5.32 Å². The van der Waals surface area contributed by atoms with Gasteiger partial charge >= 0.3 is 5.97 Å². The summed E-state index contributed by atoms with van der Waals surface area (Å²) in [5.41, 5.74) is 2.79. The standard InChI is InChI=1S/C24H32N2O3.HI/c1-6-22(25-23(27)21-8-7-13-26(5)15-21)16-29-24(28)18(4)20-11-9-19(10-12-20)14-17(2)3;/h7-13,15,17-18,22H,6,14,16H2,1-5H3;1H. The van der Waals surface area contributed by atoms with Crippen LogP contribution in [0.15, 0.2) is 48.8 Å². The lowest BCUT2D eigenvalue weighted by atomic mass is 9.97. The normalized spacial score (nSPS) is 12.6. The van der Waals surface area contributed by atoms with Gasteiger partial charge in [0.1, 0.15) is 19.2 Å². The molecule has 1 aromatic heterocycles. The smallest absolute Gasteiger partial charge is 0.313 e. The summed E-state index contributed by atoms with van der Waals surface area (Å²) in [6.07, 6.45) is 5.33. The molecule has 2 aromatic rings. The second kappa shape index (κ2) is 12.7. The molecule has 0 saturated heterocycles. The van der Waals surface area contributed by atoms with Crippen LogP contribution in [0.3, 0.4) is 0 Å². The minimum atomic E-state index is -0.343. The number of hydrogen-bond acceptors (Lipinski definition) is 3. The summed E-state index contributed by atoms with van der Waals surface area (Å²) in [6.45, 7) is 8.35. The molecule has 1 heterocycles. The van der Waals surface area contributed by atoms with Crippen LogP contribution in [0.5, 0.6) is 0 Å². The first-order chi connectivity index (χ1) is 13.8. The van der Waals surface area contributed by atoms with Crippen LogP contribution in [0, 0.1) is 5.92 Å². The third kappa shape index (κ3) is 8.05. The highest BCUT2D eigenvalue weighted by Gasteiger charge is 2.20. The van der Waals surface area contributed by atoms with Crippen molar-refractivity contribution in [2.75, 3.05) is 6.61 Å². The summed E-state index contributed by atoms with van der Waals surface area (Å²) >= 11 is 0. The van der Waals surface area contributed by atoms with Gasteiger partial charge in [-0.1, -0.05) is 45.0 Å². The fourth-order valence-electron chi connectivity index (χ4n) is 3.11. The van der Waals surface area contributed by atoms with Crippen LogP contribution < -0.4 is 33.9 Å². The van der Waals surface area contributed by atoms with Gasteiger partial charge in [-0.25, -0.2) is 4.57 Å². The highest BCUT2D eigenvalue weighted by atomic mass is 127. The van der Waals surface area contributed by atoms with Gasteiger partial charge in [-0.3, -0.25) is 9.59 Å². The van der Waals surface area contributed by atoms with Crippen molar-refractivity contribution in [3.05, 3.63) is 65.5 Å². The van der Waals surface area contributed by atoms with E-state index >= 15 is 0 Å². The summed E-state index contributed by atoms with van der Waals surface area (Å²) in [6, 6.07) is 11.5. The van der Waals surface area contributed by atoms with E-state index in [0.717, 1.165) is 12.0 Å². The molecule has 1 N–H and O–H groups in total. The molecule has 0 saturated carbocycles. The number of carbonyl (C=O) groups excluding carboxylic acids is 2. The van der Waals surface area contributed by atoms with Crippen molar-refractivity contribution in [3.8, 4) is 0 Å². The minimum absolute atomic E-state index is 0. The average Bonchev–Trinajstić information content (AvgIpc) is 2.70. The number of aromatic nitrogens is 1. The first-order valence-corrected chi connectivity index (χ1v) is 10.3. The fraction of sp³-hybridized carbons (Fsp3) is 0.458. The largest absolute Gasteiger partial charge is 1.00 e. The van der Waals surface area contributed by atoms with E-state index in [1.807, 2.05) is 49.9 Å². The Kier molecular flexibility index (Phi) is 11.0. The van der Waals surface area contributed by atoms with Crippen molar-refractivity contribution < 1.29 is 42.9 Å². The number of nitrogens with zero attached hydrogens (tertiary/aromatic N) is 1. The van der Waals surface area contributed by atoms with E-state index in [2.05, 4.69) is 31.3 Å². The molecule has 0 spiro atoms. The lowest BCUT2D eigenvalue weighted by molar-refractivity contribution is -0.671. The lowest BCUT2D eigenvalue weighted by Gasteiger charge is -2.19. The van der Waals surface area contributed by atoms with E-state index in [4.69, 9.17) is 4.74 Å². The summed E-state index contributed by atoms with van der Waals surface area (Å²) in [4.78, 5) is 24.9. The number of carbonyl (C=O) groups is 2. The molecule has 0 aliphatic heterocycles. The molecule has 2 atom stereocenters. The molecule has 5 nitrogen and oxygen atoms in total. The fourth-order valence-corrected chi connectivity index (χ4v) is 3.11. The Morgan fingerprint density at radius 2 is 1.77 bits per heavy atom. The Hall–Kier alpha value is -1.96. The van der Waals surface area contributed by atoms with Crippen LogP contribution >= 0.6 is 0 Å². The maximum atomic E-state index is 12.5. The van der Waals surface area contributed by atoms with Crippen molar-refractivity contribution in [1.29, 1.82) is 0 Å². The number of ether oxygens (including phenoxy) is 1. The van der Waals surface area contributed by atoms with Gasteiger partial charge in [0.15, 0.2) is 12.4 Å². The van der Waals surface area contributed by atoms with E-state index in [1.54, 1.807) is 12.3 Å². The molecule has 1 amide bonds. The Bertz CT molecular complexity index is 821. The molecule has 6 heteroatoms. The Morgan fingerprint density at radius 3 is 2.33 bits per heavy atom. The average molecular weight is 524 g/mol. The summed E-state index contributed by atoms with van der Waals surface area (Å²) in [7, 11) is 1.87. The number of amides is 1. The number of aryl methyl sites for hydroxylation is 1. The molecule has 0 radical (unpaired) electrons. The SMILES string of the molecule is CCC(COC(=O)C(C)c1ccc(CC(C)C)cc1)NC(=O)c1ccc[n+](C)c1.[I-]. The zero-order valence-electron chi connectivity index (χ0n) is 18.5. The van der Waals surface area contributed by atoms with Crippen molar-refractivity contribution >= 4 is 11.9 Å². The van der Waals surface area contributed by atoms with Crippen LogP contribution in [0.4, 0.5) is 0 Å². The third-order valence-corrected chi connectivity index (χ3v) is 4.93. The van der Waals surface area contributed by atoms with Crippen molar-refractivity contribution in [3.63, 3.8) is 0 Å². The predicted molar refractivity (Wildman–Crippen MR) is 114 cm³/mol. The van der Waals surface area contributed by atoms with E-state index in [9.17, 15) is 9.59 Å². The van der Waals surface area contributed by atoms with Gasteiger partial charge in [-0.15, -0.1) is 0 Å². The molecule has 0 aliphatic rings. The number of rotatable bonds is 9. The first-order valence-electron chi connectivity index (χ1n) is 10.3. The zero-order valence-corrected chi connectivity index (χ0v) is 20.7. The summed E-state index contributed by atoms with van der Waals surface area (Å²) < 4.78 is 7.33. The molecule has 0 aliphatic carbocycles. The van der Waals surface area contributed by atoms with Gasteiger partial charge in [-0.2, -0.15) is 0 Å². The number of benzene rings is 1. The lowest BCUT2D eigenvalue weighted by Crippen LogP contribution is -3.00. The summed E-state index contributed by atoms with van der Waals surface area (Å²) in [5.74, 6) is -0.189. The second-order valence-corrected chi connectivity index (χ2v) is 8.03. The van der Waals surface area contributed by atoms with E-state index in [-0.39, 0.29) is 54.4 Å². The molecule has 2 unspecified atom stereocenters. The monoisotopic (exact) mass is 524 g/mol. The van der Waals surface area contributed by atoms with Gasteiger partial charge in [0.2, 0.25) is 0 Å². The minimum Gasteiger partial charge on any atom is -1.00 e. The van der Waals surface area contributed by atoms with Gasteiger partial charge in [-0.05, 0) is 42.9 Å². The van der Waals surface area contributed by atoms with Crippen molar-refractivity contribution in [2.45, 2.75) is 52.5 Å². The molecule has 1 aromatic carbocycles. The van der Waals surface area contributed by atoms with E-state index in [1.165, 1.54) is 5.56 Å². The van der Waals surface area contributed by atoms with Gasteiger partial charge in [0.05, 0.1) is 12.0 Å². The topological polar surface area (TPSA) is 59.3 Å². The van der Waals surface area contributed by atoms with Crippen LogP contribution in [0.2, 0.25) is 0 Å². The quantitative estimate of drug-likeness (QED) is 0.297. The van der Waals surface area contributed by atoms with Gasteiger partial charge in [0, 0.05) is 6.07 Å². The maximum Gasteiger partial charge on any atom is 0.313 e. The summed E-state index contributed by atoms with van der Waals surface area (Å²) in [5, 5.41) is 2.94. The van der Waals surface area contributed by atoms with E-state index in [0.29, 0.717) is 17.9 Å². The number of nitrogens with one attached hydrogen (secondary N) is 1. The molecular formula is C24H33IN2O3. The van der Waals surface area contributed by atoms with E-state index < -0.39 is 0 Å². The van der Waals surface area contributed by atoms with Crippen LogP contribution in [0.1, 0.15) is 61.5 Å². The Balaban J connectivity index is 0.00000450. The molecule has 30 heavy (non-hydrogen) atoms. The Morgan fingerprint density at radius 1 is 1.10 bits per heavy atom. The third-order valence-electron chi connectivity index (χ3n) is 4.93. The second-order valence-electron chi connectivity index (χ2n) is 8.03. The van der Waals surface area contributed by atoms with Gasteiger partial charge < -0.3 is 34.0 Å². The molecule has 2 rings (SSSR count). The van der Waals surface area contributed by atoms with Crippen molar-refractivity contribution in [2.24, 2.45) is 13.0 Å². The molecule has 0 bridgehead atoms. The highest BCUT2D eigenvalue weighted by molar-refractivity contribution is 5.93. The number of esters is 1. The zero-order chi connectivity index (χ0) is 21.4. The molecular weight excluding hydrogens is 491 g/mol.